The number of amides is 1. The summed E-state index contributed by atoms with van der Waals surface area (Å²) in [6.45, 7) is 3.99. The van der Waals surface area contributed by atoms with E-state index in [0.29, 0.717) is 5.13 Å². The zero-order valence-electron chi connectivity index (χ0n) is 13.5. The number of aryl methyl sites for hydroxylation is 2. The summed E-state index contributed by atoms with van der Waals surface area (Å²) in [7, 11) is 0. The van der Waals surface area contributed by atoms with E-state index < -0.39 is 0 Å². The van der Waals surface area contributed by atoms with E-state index in [1.807, 2.05) is 54.7 Å². The minimum atomic E-state index is -0.0446. The molecule has 7 heteroatoms. The minimum Gasteiger partial charge on any atom is -0.315 e. The second kappa shape index (κ2) is 6.38. The van der Waals surface area contributed by atoms with Crippen LogP contribution in [0.1, 0.15) is 31.4 Å². The van der Waals surface area contributed by atoms with Crippen molar-refractivity contribution in [3.05, 3.63) is 51.1 Å². The molecule has 0 aliphatic carbocycles. The van der Waals surface area contributed by atoms with E-state index >= 15 is 0 Å². The Bertz CT molecular complexity index is 873. The molecule has 24 heavy (non-hydrogen) atoms. The maximum Gasteiger partial charge on any atom is 0.260 e. The van der Waals surface area contributed by atoms with Crippen molar-refractivity contribution in [2.45, 2.75) is 26.0 Å². The van der Waals surface area contributed by atoms with Gasteiger partial charge >= 0.3 is 0 Å². The molecule has 3 aromatic heterocycles. The van der Waals surface area contributed by atoms with Crippen LogP contribution < -0.4 is 5.32 Å². The Morgan fingerprint density at radius 3 is 2.75 bits per heavy atom. The molecule has 0 fully saturated rings. The lowest BCUT2D eigenvalue weighted by Gasteiger charge is -2.12. The molecule has 0 saturated heterocycles. The monoisotopic (exact) mass is 375 g/mol. The third-order valence-corrected chi connectivity index (χ3v) is 7.52. The summed E-state index contributed by atoms with van der Waals surface area (Å²) in [6.07, 6.45) is 4.95. The highest BCUT2D eigenvalue weighted by Gasteiger charge is 2.26. The zero-order chi connectivity index (χ0) is 16.7. The molecule has 3 aromatic rings. The first-order valence-corrected chi connectivity index (χ1v) is 10.5. The second-order valence-corrected chi connectivity index (χ2v) is 9.08. The highest BCUT2D eigenvalue weighted by Crippen LogP contribution is 2.38. The molecule has 1 aliphatic heterocycles. The average molecular weight is 376 g/mol. The van der Waals surface area contributed by atoms with Crippen LogP contribution in [-0.2, 0) is 12.2 Å². The summed E-state index contributed by atoms with van der Waals surface area (Å²) in [5.74, 6) is 2.03. The molecule has 4 nitrogen and oxygen atoms in total. The van der Waals surface area contributed by atoms with Gasteiger partial charge in [-0.3, -0.25) is 10.1 Å². The van der Waals surface area contributed by atoms with Gasteiger partial charge in [0.05, 0.1) is 11.3 Å². The summed E-state index contributed by atoms with van der Waals surface area (Å²) in [5.41, 5.74) is 3.01. The summed E-state index contributed by atoms with van der Waals surface area (Å²) >= 11 is 5.20. The van der Waals surface area contributed by atoms with Gasteiger partial charge in [-0.1, -0.05) is 0 Å². The maximum absolute atomic E-state index is 13.0. The van der Waals surface area contributed by atoms with Crippen molar-refractivity contribution in [1.82, 2.24) is 9.55 Å². The van der Waals surface area contributed by atoms with Gasteiger partial charge < -0.3 is 4.57 Å². The molecule has 0 radical (unpaired) electrons. The van der Waals surface area contributed by atoms with Gasteiger partial charge in [-0.25, -0.2) is 4.98 Å². The van der Waals surface area contributed by atoms with E-state index in [2.05, 4.69) is 10.3 Å². The molecule has 0 bridgehead atoms. The molecule has 1 amide bonds. The topological polar surface area (TPSA) is 46.9 Å². The van der Waals surface area contributed by atoms with E-state index in [4.69, 9.17) is 0 Å². The van der Waals surface area contributed by atoms with Crippen LogP contribution in [-0.4, -0.2) is 21.2 Å². The fraction of sp³-hybridized carbons (Fsp3) is 0.294. The second-order valence-electron chi connectivity index (χ2n) is 5.69. The fourth-order valence-electron chi connectivity index (χ4n) is 2.79. The number of thiazole rings is 1. The van der Waals surface area contributed by atoms with Crippen molar-refractivity contribution in [2.24, 2.45) is 0 Å². The lowest BCUT2D eigenvalue weighted by Crippen LogP contribution is -2.16. The Morgan fingerprint density at radius 2 is 2.04 bits per heavy atom. The Hall–Kier alpha value is -1.57. The number of rotatable bonds is 3. The third-order valence-electron chi connectivity index (χ3n) is 4.12. The van der Waals surface area contributed by atoms with E-state index in [0.717, 1.165) is 39.1 Å². The van der Waals surface area contributed by atoms with Crippen molar-refractivity contribution >= 4 is 45.5 Å². The Kier molecular flexibility index (Phi) is 4.24. The van der Waals surface area contributed by atoms with Gasteiger partial charge in [0.2, 0.25) is 0 Å². The van der Waals surface area contributed by atoms with Gasteiger partial charge in [-0.2, -0.15) is 11.8 Å². The van der Waals surface area contributed by atoms with Crippen molar-refractivity contribution in [3.8, 4) is 5.00 Å². The van der Waals surface area contributed by atoms with Crippen LogP contribution >= 0.6 is 34.4 Å². The predicted molar refractivity (Wildman–Crippen MR) is 103 cm³/mol. The van der Waals surface area contributed by atoms with Crippen LogP contribution in [0.5, 0.6) is 0 Å². The van der Waals surface area contributed by atoms with Gasteiger partial charge in [0.1, 0.15) is 5.00 Å². The normalized spacial score (nSPS) is 13.8. The molecule has 0 saturated carbocycles. The molecule has 1 aliphatic rings. The quantitative estimate of drug-likeness (QED) is 0.724. The number of anilines is 1. The van der Waals surface area contributed by atoms with Crippen molar-refractivity contribution in [3.63, 3.8) is 0 Å². The lowest BCUT2D eigenvalue weighted by atomic mass is 10.1. The number of carbonyl (C=O) groups is 1. The van der Waals surface area contributed by atoms with E-state index in [1.165, 1.54) is 21.8 Å². The SMILES string of the molecule is Cc1nc(NC(=O)c2c(-n3cccc3)sc3c2CCSC3)sc1C. The molecule has 0 unspecified atom stereocenters. The zero-order valence-corrected chi connectivity index (χ0v) is 15.9. The number of thiophene rings is 1. The minimum absolute atomic E-state index is 0.0446. The van der Waals surface area contributed by atoms with Crippen LogP contribution in [0.4, 0.5) is 5.13 Å². The van der Waals surface area contributed by atoms with Crippen LogP contribution in [0.2, 0.25) is 0 Å². The molecule has 0 aromatic carbocycles. The largest absolute Gasteiger partial charge is 0.315 e. The lowest BCUT2D eigenvalue weighted by molar-refractivity contribution is 0.102. The number of hydrogen-bond acceptors (Lipinski definition) is 5. The summed E-state index contributed by atoms with van der Waals surface area (Å²) < 4.78 is 2.04. The Labute approximate surface area is 152 Å². The molecule has 1 N–H and O–H groups in total. The molecule has 4 rings (SSSR count). The van der Waals surface area contributed by atoms with E-state index in [1.54, 1.807) is 11.3 Å². The Balaban J connectivity index is 1.75. The molecule has 4 heterocycles. The number of nitrogens with one attached hydrogen (secondary N) is 1. The van der Waals surface area contributed by atoms with Gasteiger partial charge in [0.25, 0.3) is 5.91 Å². The van der Waals surface area contributed by atoms with Crippen LogP contribution in [0, 0.1) is 13.8 Å². The summed E-state index contributed by atoms with van der Waals surface area (Å²) in [5, 5.41) is 4.70. The van der Waals surface area contributed by atoms with Gasteiger partial charge in [0.15, 0.2) is 5.13 Å². The first-order chi connectivity index (χ1) is 11.6. The van der Waals surface area contributed by atoms with E-state index in [-0.39, 0.29) is 5.91 Å². The van der Waals surface area contributed by atoms with Crippen LogP contribution in [0.15, 0.2) is 24.5 Å². The standard InChI is InChI=1S/C17H17N3OS3/c1-10-11(2)23-17(18-10)19-15(21)14-12-5-8-22-9-13(12)24-16(14)20-6-3-4-7-20/h3-4,6-7H,5,8-9H2,1-2H3,(H,18,19,21). The van der Waals surface area contributed by atoms with E-state index in [9.17, 15) is 4.79 Å². The first kappa shape index (κ1) is 15.9. The van der Waals surface area contributed by atoms with Crippen molar-refractivity contribution in [1.29, 1.82) is 0 Å². The van der Waals surface area contributed by atoms with Gasteiger partial charge in [-0.15, -0.1) is 22.7 Å². The number of carbonyl (C=O) groups excluding carboxylic acids is 1. The number of hydrogen-bond donors (Lipinski definition) is 1. The highest BCUT2D eigenvalue weighted by molar-refractivity contribution is 7.98. The highest BCUT2D eigenvalue weighted by atomic mass is 32.2. The number of fused-ring (bicyclic) bond motifs is 1. The number of thioether (sulfide) groups is 1. The smallest absolute Gasteiger partial charge is 0.260 e. The Morgan fingerprint density at radius 1 is 1.25 bits per heavy atom. The molecule has 0 spiro atoms. The van der Waals surface area contributed by atoms with Crippen molar-refractivity contribution in [2.75, 3.05) is 11.1 Å². The van der Waals surface area contributed by atoms with Crippen LogP contribution in [0.3, 0.4) is 0 Å². The third kappa shape index (κ3) is 2.81. The number of aromatic nitrogens is 2. The average Bonchev–Trinajstić information content (AvgIpc) is 3.26. The number of nitrogens with zero attached hydrogens (tertiary/aromatic N) is 2. The predicted octanol–water partition coefficient (Wildman–Crippen LogP) is 4.65. The van der Waals surface area contributed by atoms with Gasteiger partial charge in [-0.05, 0) is 43.7 Å². The molecule has 124 valence electrons. The fourth-order valence-corrected chi connectivity index (χ4v) is 6.04. The van der Waals surface area contributed by atoms with Crippen molar-refractivity contribution < 1.29 is 4.79 Å². The molecular weight excluding hydrogens is 358 g/mol. The summed E-state index contributed by atoms with van der Waals surface area (Å²) in [6, 6.07) is 3.98. The molecular formula is C17H17N3OS3. The van der Waals surface area contributed by atoms with Crippen LogP contribution in [0.25, 0.3) is 5.00 Å². The maximum atomic E-state index is 13.0. The first-order valence-electron chi connectivity index (χ1n) is 7.74. The molecule has 0 atom stereocenters. The summed E-state index contributed by atoms with van der Waals surface area (Å²) in [4.78, 5) is 19.9. The van der Waals surface area contributed by atoms with Gasteiger partial charge in [0, 0.05) is 27.9 Å².